The number of hydrogen-bond acceptors (Lipinski definition) is 3. The second-order valence-corrected chi connectivity index (χ2v) is 6.57. The molecule has 0 radical (unpaired) electrons. The summed E-state index contributed by atoms with van der Waals surface area (Å²) in [6, 6.07) is 0.254. The molecule has 0 aliphatic carbocycles. The van der Waals surface area contributed by atoms with Crippen LogP contribution in [0.15, 0.2) is 0 Å². The van der Waals surface area contributed by atoms with Gasteiger partial charge < -0.3 is 15.5 Å². The Bertz CT molecular complexity index is 283. The van der Waals surface area contributed by atoms with Crippen LogP contribution in [-0.2, 0) is 4.79 Å². The van der Waals surface area contributed by atoms with Crippen molar-refractivity contribution in [2.75, 3.05) is 26.7 Å². The molecule has 0 aromatic carbocycles. The van der Waals surface area contributed by atoms with Gasteiger partial charge in [-0.1, -0.05) is 13.8 Å². The zero-order valence-corrected chi connectivity index (χ0v) is 13.2. The molecule has 2 N–H and O–H groups in total. The number of likely N-dealkylation sites (tertiary alicyclic amines) is 1. The van der Waals surface area contributed by atoms with E-state index in [0.29, 0.717) is 12.0 Å². The van der Waals surface area contributed by atoms with Crippen molar-refractivity contribution in [3.05, 3.63) is 0 Å². The predicted octanol–water partition coefficient (Wildman–Crippen LogP) is 1.55. The maximum atomic E-state index is 12.2. The molecule has 0 aromatic rings. The maximum absolute atomic E-state index is 12.2. The second kappa shape index (κ2) is 7.25. The Morgan fingerprint density at radius 1 is 1.26 bits per heavy atom. The molecule has 4 heteroatoms. The van der Waals surface area contributed by atoms with Gasteiger partial charge in [-0.05, 0) is 45.6 Å². The number of carbonyl (C=O) groups excluding carboxylic acids is 1. The first kappa shape index (κ1) is 16.4. The first-order chi connectivity index (χ1) is 8.82. The van der Waals surface area contributed by atoms with Crippen molar-refractivity contribution in [3.63, 3.8) is 0 Å². The Morgan fingerprint density at radius 3 is 2.21 bits per heavy atom. The predicted molar refractivity (Wildman–Crippen MR) is 79.9 cm³/mol. The van der Waals surface area contributed by atoms with Gasteiger partial charge in [0.05, 0.1) is 6.04 Å². The fourth-order valence-corrected chi connectivity index (χ4v) is 2.45. The summed E-state index contributed by atoms with van der Waals surface area (Å²) < 4.78 is 0. The van der Waals surface area contributed by atoms with E-state index < -0.39 is 0 Å². The summed E-state index contributed by atoms with van der Waals surface area (Å²) in [6.07, 6.45) is 2.21. The number of piperidine rings is 1. The molecule has 19 heavy (non-hydrogen) atoms. The normalized spacial score (nSPS) is 19.5. The van der Waals surface area contributed by atoms with Crippen LogP contribution >= 0.6 is 0 Å². The summed E-state index contributed by atoms with van der Waals surface area (Å²) >= 11 is 0. The molecule has 0 aromatic heterocycles. The minimum absolute atomic E-state index is 0.130. The second-order valence-electron chi connectivity index (χ2n) is 6.57. The Hall–Kier alpha value is -0.610. The number of amides is 1. The molecule has 112 valence electrons. The van der Waals surface area contributed by atoms with Crippen molar-refractivity contribution < 1.29 is 4.79 Å². The molecule has 4 nitrogen and oxygen atoms in total. The minimum Gasteiger partial charge on any atom is -0.341 e. The highest BCUT2D eigenvalue weighted by Crippen LogP contribution is 2.20. The van der Waals surface area contributed by atoms with E-state index in [1.54, 1.807) is 0 Å². The number of hydrogen-bond donors (Lipinski definition) is 1. The van der Waals surface area contributed by atoms with Crippen molar-refractivity contribution in [2.24, 2.45) is 17.6 Å². The first-order valence-corrected chi connectivity index (χ1v) is 7.57. The zero-order chi connectivity index (χ0) is 14.6. The summed E-state index contributed by atoms with van der Waals surface area (Å²) in [5.41, 5.74) is 5.95. The lowest BCUT2D eigenvalue weighted by Crippen LogP contribution is -2.50. The topological polar surface area (TPSA) is 49.6 Å². The smallest absolute Gasteiger partial charge is 0.239 e. The van der Waals surface area contributed by atoms with Crippen LogP contribution in [0, 0.1) is 11.8 Å². The van der Waals surface area contributed by atoms with Crippen LogP contribution in [0.2, 0.25) is 0 Å². The fraction of sp³-hybridized carbons (Fsp3) is 0.933. The highest BCUT2D eigenvalue weighted by atomic mass is 16.2. The fourth-order valence-electron chi connectivity index (χ4n) is 2.45. The van der Waals surface area contributed by atoms with Crippen LogP contribution in [0.25, 0.3) is 0 Å². The first-order valence-electron chi connectivity index (χ1n) is 7.57. The lowest BCUT2D eigenvalue weighted by atomic mass is 9.94. The monoisotopic (exact) mass is 269 g/mol. The van der Waals surface area contributed by atoms with Gasteiger partial charge in [-0.2, -0.15) is 0 Å². The summed E-state index contributed by atoms with van der Waals surface area (Å²) in [7, 11) is 2.18. The van der Waals surface area contributed by atoms with Gasteiger partial charge in [0.1, 0.15) is 0 Å². The zero-order valence-electron chi connectivity index (χ0n) is 13.2. The van der Waals surface area contributed by atoms with Gasteiger partial charge in [0.15, 0.2) is 0 Å². The van der Waals surface area contributed by atoms with Crippen LogP contribution in [0.4, 0.5) is 0 Å². The van der Waals surface area contributed by atoms with E-state index in [0.717, 1.165) is 32.5 Å². The van der Waals surface area contributed by atoms with Gasteiger partial charge in [-0.3, -0.25) is 4.79 Å². The van der Waals surface area contributed by atoms with Gasteiger partial charge in [0.2, 0.25) is 5.91 Å². The summed E-state index contributed by atoms with van der Waals surface area (Å²) in [4.78, 5) is 16.5. The van der Waals surface area contributed by atoms with Crippen molar-refractivity contribution in [3.8, 4) is 0 Å². The van der Waals surface area contributed by atoms with E-state index in [2.05, 4.69) is 25.8 Å². The van der Waals surface area contributed by atoms with Crippen molar-refractivity contribution in [1.29, 1.82) is 0 Å². The SMILES string of the molecule is CC(C)[C@H](N)C(=O)N1CCC(CN(C)C(C)C)CC1. The molecular formula is C15H31N3O. The van der Waals surface area contributed by atoms with Gasteiger partial charge in [0, 0.05) is 25.7 Å². The van der Waals surface area contributed by atoms with Gasteiger partial charge in [0.25, 0.3) is 0 Å². The van der Waals surface area contributed by atoms with Crippen molar-refractivity contribution in [1.82, 2.24) is 9.80 Å². The molecule has 0 spiro atoms. The largest absolute Gasteiger partial charge is 0.341 e. The van der Waals surface area contributed by atoms with Crippen LogP contribution in [0.3, 0.4) is 0 Å². The van der Waals surface area contributed by atoms with E-state index in [9.17, 15) is 4.79 Å². The highest BCUT2D eigenvalue weighted by Gasteiger charge is 2.28. The number of nitrogens with zero attached hydrogens (tertiary/aromatic N) is 2. The summed E-state index contributed by atoms with van der Waals surface area (Å²) in [5, 5.41) is 0. The van der Waals surface area contributed by atoms with Crippen molar-refractivity contribution in [2.45, 2.75) is 52.6 Å². The van der Waals surface area contributed by atoms with Crippen LogP contribution in [0.5, 0.6) is 0 Å². The molecule has 1 rings (SSSR count). The van der Waals surface area contributed by atoms with Crippen LogP contribution < -0.4 is 5.73 Å². The number of rotatable bonds is 5. The minimum atomic E-state index is -0.338. The molecule has 0 unspecified atom stereocenters. The molecule has 1 amide bonds. The van der Waals surface area contributed by atoms with Gasteiger partial charge >= 0.3 is 0 Å². The third kappa shape index (κ3) is 4.77. The van der Waals surface area contributed by atoms with E-state index in [1.165, 1.54) is 0 Å². The molecule has 1 fully saturated rings. The van der Waals surface area contributed by atoms with E-state index in [1.807, 2.05) is 18.7 Å². The molecular weight excluding hydrogens is 238 g/mol. The maximum Gasteiger partial charge on any atom is 0.239 e. The quantitative estimate of drug-likeness (QED) is 0.824. The summed E-state index contributed by atoms with van der Waals surface area (Å²) in [6.45, 7) is 11.3. The Balaban J connectivity index is 2.38. The Kier molecular flexibility index (Phi) is 6.27. The molecule has 1 saturated heterocycles. The molecule has 1 atom stereocenters. The molecule has 0 bridgehead atoms. The number of carbonyl (C=O) groups is 1. The van der Waals surface area contributed by atoms with Crippen molar-refractivity contribution >= 4 is 5.91 Å². The molecule has 1 aliphatic heterocycles. The third-order valence-corrected chi connectivity index (χ3v) is 4.36. The van der Waals surface area contributed by atoms with E-state index in [-0.39, 0.29) is 17.9 Å². The van der Waals surface area contributed by atoms with Gasteiger partial charge in [-0.25, -0.2) is 0 Å². The lowest BCUT2D eigenvalue weighted by Gasteiger charge is -2.36. The third-order valence-electron chi connectivity index (χ3n) is 4.36. The average Bonchev–Trinajstić information content (AvgIpc) is 2.37. The summed E-state index contributed by atoms with van der Waals surface area (Å²) in [5.74, 6) is 1.06. The van der Waals surface area contributed by atoms with E-state index >= 15 is 0 Å². The Morgan fingerprint density at radius 2 is 1.79 bits per heavy atom. The number of nitrogens with two attached hydrogens (primary N) is 1. The molecule has 1 heterocycles. The molecule has 0 saturated carbocycles. The highest BCUT2D eigenvalue weighted by molar-refractivity contribution is 5.82. The average molecular weight is 269 g/mol. The lowest BCUT2D eigenvalue weighted by molar-refractivity contribution is -0.135. The van der Waals surface area contributed by atoms with Gasteiger partial charge in [-0.15, -0.1) is 0 Å². The van der Waals surface area contributed by atoms with E-state index in [4.69, 9.17) is 5.73 Å². The van der Waals surface area contributed by atoms with Crippen LogP contribution in [0.1, 0.15) is 40.5 Å². The standard InChI is InChI=1S/C15H31N3O/c1-11(2)14(16)15(19)18-8-6-13(7-9-18)10-17(5)12(3)4/h11-14H,6-10,16H2,1-5H3/t14-/m0/s1. The molecule has 1 aliphatic rings. The van der Waals surface area contributed by atoms with Crippen LogP contribution in [-0.4, -0.2) is 54.5 Å². The Labute approximate surface area is 118 Å².